The quantitative estimate of drug-likeness (QED) is 0.388. The zero-order valence-electron chi connectivity index (χ0n) is 10.8. The second-order valence-electron chi connectivity index (χ2n) is 4.43. The van der Waals surface area contributed by atoms with Crippen molar-refractivity contribution in [3.63, 3.8) is 0 Å². The van der Waals surface area contributed by atoms with Crippen LogP contribution in [0, 0.1) is 0 Å². The fraction of sp³-hybridized carbons (Fsp3) is 0.0667. The number of hydrogen-bond acceptors (Lipinski definition) is 6. The number of phenolic OH excluding ortho intramolecular Hbond substituents is 4. The van der Waals surface area contributed by atoms with Gasteiger partial charge in [-0.1, -0.05) is 0 Å². The van der Waals surface area contributed by atoms with Crippen molar-refractivity contribution in [3.8, 4) is 23.0 Å². The molecule has 2 aromatic carbocycles. The van der Waals surface area contributed by atoms with E-state index in [1.54, 1.807) is 0 Å². The van der Waals surface area contributed by atoms with E-state index in [9.17, 15) is 30.0 Å². The van der Waals surface area contributed by atoms with Crippen molar-refractivity contribution in [2.45, 2.75) is 6.42 Å². The first-order valence-electron chi connectivity index (χ1n) is 5.99. The summed E-state index contributed by atoms with van der Waals surface area (Å²) in [5.74, 6) is -2.57. The van der Waals surface area contributed by atoms with Crippen molar-refractivity contribution in [3.05, 3.63) is 47.5 Å². The average molecular weight is 288 g/mol. The van der Waals surface area contributed by atoms with Gasteiger partial charge in [-0.15, -0.1) is 0 Å². The molecule has 0 bridgehead atoms. The molecule has 0 aliphatic rings. The molecule has 0 heterocycles. The highest BCUT2D eigenvalue weighted by Gasteiger charge is 2.19. The lowest BCUT2D eigenvalue weighted by atomic mass is 10.00. The second-order valence-corrected chi connectivity index (χ2v) is 4.43. The van der Waals surface area contributed by atoms with Crippen LogP contribution in [-0.4, -0.2) is 32.0 Å². The van der Waals surface area contributed by atoms with E-state index >= 15 is 0 Å². The number of hydrogen-bond donors (Lipinski definition) is 4. The fourth-order valence-corrected chi connectivity index (χ4v) is 1.83. The van der Waals surface area contributed by atoms with E-state index in [1.165, 1.54) is 12.1 Å². The lowest BCUT2D eigenvalue weighted by Crippen LogP contribution is -2.09. The number of phenols is 4. The molecule has 21 heavy (non-hydrogen) atoms. The molecule has 0 aliphatic heterocycles. The van der Waals surface area contributed by atoms with Gasteiger partial charge >= 0.3 is 0 Å². The molecule has 0 atom stereocenters. The van der Waals surface area contributed by atoms with Gasteiger partial charge in [0.2, 0.25) is 0 Å². The third-order valence-electron chi connectivity index (χ3n) is 2.88. The Balaban J connectivity index is 2.25. The maximum atomic E-state index is 12.0. The van der Waals surface area contributed by atoms with E-state index in [4.69, 9.17) is 0 Å². The van der Waals surface area contributed by atoms with E-state index in [2.05, 4.69) is 0 Å². The maximum absolute atomic E-state index is 12.0. The Hall–Kier alpha value is -3.02. The molecule has 0 saturated heterocycles. The van der Waals surface area contributed by atoms with Crippen molar-refractivity contribution in [1.29, 1.82) is 0 Å². The fourth-order valence-electron chi connectivity index (χ4n) is 1.83. The lowest BCUT2D eigenvalue weighted by molar-refractivity contribution is 0.0891. The number of ketones is 2. The van der Waals surface area contributed by atoms with Crippen molar-refractivity contribution >= 4 is 11.6 Å². The van der Waals surface area contributed by atoms with Crippen LogP contribution in [0.3, 0.4) is 0 Å². The third kappa shape index (κ3) is 3.11. The molecule has 6 nitrogen and oxygen atoms in total. The van der Waals surface area contributed by atoms with Crippen LogP contribution in [0.2, 0.25) is 0 Å². The Labute approximate surface area is 119 Å². The number of aromatic hydroxyl groups is 4. The van der Waals surface area contributed by atoms with E-state index in [1.807, 2.05) is 0 Å². The summed E-state index contributed by atoms with van der Waals surface area (Å²) in [4.78, 5) is 23.9. The van der Waals surface area contributed by atoms with Gasteiger partial charge < -0.3 is 20.4 Å². The van der Waals surface area contributed by atoms with Gasteiger partial charge in [-0.05, 0) is 36.4 Å². The molecular formula is C15H12O6. The van der Waals surface area contributed by atoms with Crippen LogP contribution in [0.4, 0.5) is 0 Å². The Morgan fingerprint density at radius 1 is 0.714 bits per heavy atom. The molecular weight excluding hydrogens is 276 g/mol. The molecule has 6 heteroatoms. The van der Waals surface area contributed by atoms with Gasteiger partial charge in [-0.3, -0.25) is 9.59 Å². The molecule has 2 rings (SSSR count). The molecule has 0 aliphatic carbocycles. The van der Waals surface area contributed by atoms with Crippen molar-refractivity contribution in [2.24, 2.45) is 0 Å². The first-order valence-corrected chi connectivity index (χ1v) is 5.99. The van der Waals surface area contributed by atoms with Crippen LogP contribution in [-0.2, 0) is 0 Å². The first-order chi connectivity index (χ1) is 9.88. The van der Waals surface area contributed by atoms with Crippen LogP contribution in [0.15, 0.2) is 36.4 Å². The zero-order valence-corrected chi connectivity index (χ0v) is 10.8. The van der Waals surface area contributed by atoms with Gasteiger partial charge in [0.15, 0.2) is 11.6 Å². The van der Waals surface area contributed by atoms with Gasteiger partial charge in [0, 0.05) is 0 Å². The molecule has 0 fully saturated rings. The van der Waals surface area contributed by atoms with Crippen molar-refractivity contribution in [1.82, 2.24) is 0 Å². The summed E-state index contributed by atoms with van der Waals surface area (Å²) >= 11 is 0. The Morgan fingerprint density at radius 2 is 1.10 bits per heavy atom. The van der Waals surface area contributed by atoms with E-state index < -0.39 is 18.0 Å². The summed E-state index contributed by atoms with van der Waals surface area (Å²) in [5, 5.41) is 37.7. The summed E-state index contributed by atoms with van der Waals surface area (Å²) in [6.45, 7) is 0. The molecule has 108 valence electrons. The summed E-state index contributed by atoms with van der Waals surface area (Å²) in [5.41, 5.74) is -0.383. The average Bonchev–Trinajstić information content (AvgIpc) is 2.43. The Bertz CT molecular complexity index is 659. The molecule has 0 spiro atoms. The smallest absolute Gasteiger partial charge is 0.174 e. The van der Waals surface area contributed by atoms with Gasteiger partial charge in [-0.25, -0.2) is 0 Å². The number of carbonyl (C=O) groups excluding carboxylic acids is 2. The normalized spacial score (nSPS) is 10.3. The van der Waals surface area contributed by atoms with E-state index in [0.29, 0.717) is 0 Å². The highest BCUT2D eigenvalue weighted by atomic mass is 16.3. The van der Waals surface area contributed by atoms with E-state index in [-0.39, 0.29) is 34.1 Å². The minimum absolute atomic E-state index is 0.192. The summed E-state index contributed by atoms with van der Waals surface area (Å²) in [7, 11) is 0. The van der Waals surface area contributed by atoms with Crippen molar-refractivity contribution < 1.29 is 30.0 Å². The zero-order chi connectivity index (χ0) is 15.6. The molecule has 0 aromatic heterocycles. The SMILES string of the molecule is O=C(CC(=O)c1cc(O)ccc1O)c1cc(O)ccc1O. The minimum atomic E-state index is -0.712. The first kappa shape index (κ1) is 14.4. The van der Waals surface area contributed by atoms with Gasteiger partial charge in [0.25, 0.3) is 0 Å². The maximum Gasteiger partial charge on any atom is 0.174 e. The Kier molecular flexibility index (Phi) is 3.80. The molecule has 4 N–H and O–H groups in total. The van der Waals surface area contributed by atoms with Crippen LogP contribution in [0.25, 0.3) is 0 Å². The van der Waals surface area contributed by atoms with Gasteiger partial charge in [0.05, 0.1) is 17.5 Å². The van der Waals surface area contributed by atoms with E-state index in [0.717, 1.165) is 24.3 Å². The predicted octanol–water partition coefficient (Wildman–Crippen LogP) is 1.96. The summed E-state index contributed by atoms with van der Waals surface area (Å²) in [6, 6.07) is 6.78. The predicted molar refractivity (Wildman–Crippen MR) is 72.8 cm³/mol. The number of benzene rings is 2. The van der Waals surface area contributed by atoms with Gasteiger partial charge in [0.1, 0.15) is 23.0 Å². The summed E-state index contributed by atoms with van der Waals surface area (Å²) in [6.07, 6.45) is -0.617. The number of rotatable bonds is 4. The number of Topliss-reactive ketones (excluding diaryl/α,β-unsaturated/α-hetero) is 2. The molecule has 0 radical (unpaired) electrons. The van der Waals surface area contributed by atoms with Crippen molar-refractivity contribution in [2.75, 3.05) is 0 Å². The standard InChI is InChI=1S/C15H12O6/c16-8-1-3-12(18)10(5-8)14(20)7-15(21)11-6-9(17)2-4-13(11)19/h1-6,16-19H,7H2. The highest BCUT2D eigenvalue weighted by Crippen LogP contribution is 2.26. The third-order valence-corrected chi connectivity index (χ3v) is 2.88. The van der Waals surface area contributed by atoms with Gasteiger partial charge in [-0.2, -0.15) is 0 Å². The topological polar surface area (TPSA) is 115 Å². The van der Waals surface area contributed by atoms with Crippen LogP contribution in [0.5, 0.6) is 23.0 Å². The monoisotopic (exact) mass is 288 g/mol. The summed E-state index contributed by atoms with van der Waals surface area (Å²) < 4.78 is 0. The minimum Gasteiger partial charge on any atom is -0.508 e. The highest BCUT2D eigenvalue weighted by molar-refractivity contribution is 6.15. The molecule has 0 saturated carbocycles. The number of carbonyl (C=O) groups is 2. The molecule has 0 amide bonds. The molecule has 2 aromatic rings. The van der Waals surface area contributed by atoms with Crippen LogP contribution < -0.4 is 0 Å². The molecule has 0 unspecified atom stereocenters. The lowest BCUT2D eigenvalue weighted by Gasteiger charge is -2.06. The van der Waals surface area contributed by atoms with Crippen LogP contribution in [0.1, 0.15) is 27.1 Å². The second kappa shape index (κ2) is 5.54. The van der Waals surface area contributed by atoms with Crippen LogP contribution >= 0.6 is 0 Å². The largest absolute Gasteiger partial charge is 0.508 e. The Morgan fingerprint density at radius 3 is 1.48 bits per heavy atom.